The Morgan fingerprint density at radius 3 is 2.88 bits per heavy atom. The molecule has 16 heavy (non-hydrogen) atoms. The SMILES string of the molecule is OCc1c(Cl)cccc1N1CC2CCC1C2. The van der Waals surface area contributed by atoms with Gasteiger partial charge in [-0.2, -0.15) is 0 Å². The van der Waals surface area contributed by atoms with Gasteiger partial charge >= 0.3 is 0 Å². The molecule has 0 aromatic heterocycles. The van der Waals surface area contributed by atoms with Gasteiger partial charge in [-0.15, -0.1) is 0 Å². The van der Waals surface area contributed by atoms with Crippen LogP contribution in [0.25, 0.3) is 0 Å². The first-order valence-corrected chi connectivity index (χ1v) is 6.32. The predicted octanol–water partition coefficient (Wildman–Crippen LogP) is 2.82. The number of hydrogen-bond donors (Lipinski definition) is 1. The minimum atomic E-state index is 0.0306. The van der Waals surface area contributed by atoms with Crippen molar-refractivity contribution in [1.29, 1.82) is 0 Å². The lowest BCUT2D eigenvalue weighted by Crippen LogP contribution is -2.32. The third-order valence-electron chi connectivity index (χ3n) is 3.97. The number of fused-ring (bicyclic) bond motifs is 2. The second-order valence-corrected chi connectivity index (χ2v) is 5.29. The predicted molar refractivity (Wildman–Crippen MR) is 65.8 cm³/mol. The van der Waals surface area contributed by atoms with Crippen molar-refractivity contribution in [3.63, 3.8) is 0 Å². The van der Waals surface area contributed by atoms with Crippen molar-refractivity contribution in [1.82, 2.24) is 0 Å². The number of rotatable bonds is 2. The number of piperidine rings is 1. The van der Waals surface area contributed by atoms with Crippen LogP contribution in [-0.4, -0.2) is 17.7 Å². The first-order valence-electron chi connectivity index (χ1n) is 5.94. The lowest BCUT2D eigenvalue weighted by molar-refractivity contribution is 0.282. The molecule has 0 radical (unpaired) electrons. The normalized spacial score (nSPS) is 27.8. The second kappa shape index (κ2) is 3.94. The Morgan fingerprint density at radius 2 is 2.25 bits per heavy atom. The van der Waals surface area contributed by atoms with E-state index in [1.165, 1.54) is 19.3 Å². The molecule has 1 N–H and O–H groups in total. The molecule has 1 aromatic carbocycles. The van der Waals surface area contributed by atoms with Gasteiger partial charge < -0.3 is 10.0 Å². The van der Waals surface area contributed by atoms with E-state index in [2.05, 4.69) is 11.0 Å². The second-order valence-electron chi connectivity index (χ2n) is 4.88. The zero-order valence-corrected chi connectivity index (χ0v) is 9.95. The minimum Gasteiger partial charge on any atom is -0.392 e. The van der Waals surface area contributed by atoms with Gasteiger partial charge in [-0.25, -0.2) is 0 Å². The van der Waals surface area contributed by atoms with Crippen LogP contribution in [0.5, 0.6) is 0 Å². The van der Waals surface area contributed by atoms with Crippen LogP contribution in [-0.2, 0) is 6.61 Å². The molecule has 2 unspecified atom stereocenters. The third-order valence-corrected chi connectivity index (χ3v) is 4.32. The summed E-state index contributed by atoms with van der Waals surface area (Å²) in [4.78, 5) is 2.44. The summed E-state index contributed by atoms with van der Waals surface area (Å²) in [5, 5.41) is 10.1. The van der Waals surface area contributed by atoms with Crippen molar-refractivity contribution in [3.8, 4) is 0 Å². The van der Waals surface area contributed by atoms with E-state index in [0.717, 1.165) is 23.7 Å². The van der Waals surface area contributed by atoms with E-state index in [1.807, 2.05) is 12.1 Å². The molecule has 3 rings (SSSR count). The fourth-order valence-corrected chi connectivity index (χ4v) is 3.42. The molecule has 1 heterocycles. The number of aliphatic hydroxyl groups is 1. The molecular formula is C13H16ClNO. The van der Waals surface area contributed by atoms with Crippen LogP contribution in [0.1, 0.15) is 24.8 Å². The topological polar surface area (TPSA) is 23.5 Å². The zero-order chi connectivity index (χ0) is 11.1. The van der Waals surface area contributed by atoms with Gasteiger partial charge in [0.1, 0.15) is 0 Å². The summed E-state index contributed by atoms with van der Waals surface area (Å²) >= 11 is 6.12. The first-order chi connectivity index (χ1) is 7.79. The molecule has 3 heteroatoms. The molecule has 2 bridgehead atoms. The molecule has 2 nitrogen and oxygen atoms in total. The molecule has 2 fully saturated rings. The van der Waals surface area contributed by atoms with Gasteiger partial charge in [0.2, 0.25) is 0 Å². The average molecular weight is 238 g/mol. The van der Waals surface area contributed by atoms with Crippen molar-refractivity contribution >= 4 is 17.3 Å². The molecule has 2 aliphatic rings. The maximum atomic E-state index is 9.42. The number of benzene rings is 1. The molecule has 0 spiro atoms. The fraction of sp³-hybridized carbons (Fsp3) is 0.538. The van der Waals surface area contributed by atoms with Crippen LogP contribution < -0.4 is 4.90 Å². The third kappa shape index (κ3) is 1.52. The van der Waals surface area contributed by atoms with E-state index in [-0.39, 0.29) is 6.61 Å². The Morgan fingerprint density at radius 1 is 1.38 bits per heavy atom. The van der Waals surface area contributed by atoms with Crippen molar-refractivity contribution in [3.05, 3.63) is 28.8 Å². The molecule has 86 valence electrons. The first kappa shape index (κ1) is 10.4. The van der Waals surface area contributed by atoms with Crippen LogP contribution in [0.2, 0.25) is 5.02 Å². The summed E-state index contributed by atoms with van der Waals surface area (Å²) in [5.74, 6) is 0.857. The Labute approximate surface area is 101 Å². The monoisotopic (exact) mass is 237 g/mol. The number of halogens is 1. The van der Waals surface area contributed by atoms with Gasteiger partial charge in [0.25, 0.3) is 0 Å². The zero-order valence-electron chi connectivity index (χ0n) is 9.19. The van der Waals surface area contributed by atoms with E-state index in [0.29, 0.717) is 11.1 Å². The largest absolute Gasteiger partial charge is 0.392 e. The number of hydrogen-bond acceptors (Lipinski definition) is 2. The quantitative estimate of drug-likeness (QED) is 0.855. The Balaban J connectivity index is 1.97. The van der Waals surface area contributed by atoms with Crippen LogP contribution in [0.15, 0.2) is 18.2 Å². The van der Waals surface area contributed by atoms with E-state index >= 15 is 0 Å². The maximum absolute atomic E-state index is 9.42. The van der Waals surface area contributed by atoms with Crippen LogP contribution in [0.4, 0.5) is 5.69 Å². The number of aliphatic hydroxyl groups excluding tert-OH is 1. The highest BCUT2D eigenvalue weighted by atomic mass is 35.5. The summed E-state index contributed by atoms with van der Waals surface area (Å²) in [7, 11) is 0. The summed E-state index contributed by atoms with van der Waals surface area (Å²) < 4.78 is 0. The van der Waals surface area contributed by atoms with Crippen molar-refractivity contribution < 1.29 is 5.11 Å². The number of nitrogens with zero attached hydrogens (tertiary/aromatic N) is 1. The highest BCUT2D eigenvalue weighted by Crippen LogP contribution is 2.42. The fourth-order valence-electron chi connectivity index (χ4n) is 3.19. The molecule has 1 aliphatic heterocycles. The molecule has 1 aromatic rings. The van der Waals surface area contributed by atoms with Crippen LogP contribution >= 0.6 is 11.6 Å². The number of anilines is 1. The molecule has 2 atom stereocenters. The average Bonchev–Trinajstić information content (AvgIpc) is 2.90. The van der Waals surface area contributed by atoms with Crippen molar-refractivity contribution in [2.75, 3.05) is 11.4 Å². The summed E-state index contributed by atoms with van der Waals surface area (Å²) in [6.45, 7) is 1.17. The molecule has 1 saturated heterocycles. The summed E-state index contributed by atoms with van der Waals surface area (Å²) in [5.41, 5.74) is 2.03. The van der Waals surface area contributed by atoms with Gasteiger partial charge in [-0.05, 0) is 37.3 Å². The minimum absolute atomic E-state index is 0.0306. The molecular weight excluding hydrogens is 222 g/mol. The van der Waals surface area contributed by atoms with Crippen LogP contribution in [0.3, 0.4) is 0 Å². The van der Waals surface area contributed by atoms with Gasteiger partial charge in [0.05, 0.1) is 6.61 Å². The highest BCUT2D eigenvalue weighted by molar-refractivity contribution is 6.31. The van der Waals surface area contributed by atoms with Crippen LogP contribution in [0, 0.1) is 5.92 Å². The maximum Gasteiger partial charge on any atom is 0.0716 e. The van der Waals surface area contributed by atoms with E-state index < -0.39 is 0 Å². The lowest BCUT2D eigenvalue weighted by atomic mass is 10.1. The highest BCUT2D eigenvalue weighted by Gasteiger charge is 2.38. The van der Waals surface area contributed by atoms with Gasteiger partial charge in [-0.1, -0.05) is 17.7 Å². The van der Waals surface area contributed by atoms with Crippen molar-refractivity contribution in [2.45, 2.75) is 31.9 Å². The summed E-state index contributed by atoms with van der Waals surface area (Å²) in [6.07, 6.45) is 3.98. The van der Waals surface area contributed by atoms with Crippen molar-refractivity contribution in [2.24, 2.45) is 5.92 Å². The molecule has 1 saturated carbocycles. The van der Waals surface area contributed by atoms with Gasteiger partial charge in [0, 0.05) is 28.9 Å². The molecule has 1 aliphatic carbocycles. The Kier molecular flexibility index (Phi) is 2.56. The van der Waals surface area contributed by atoms with Gasteiger partial charge in [-0.3, -0.25) is 0 Å². The Hall–Kier alpha value is -0.730. The Bertz CT molecular complexity index is 407. The van der Waals surface area contributed by atoms with E-state index in [9.17, 15) is 5.11 Å². The van der Waals surface area contributed by atoms with Gasteiger partial charge in [0.15, 0.2) is 0 Å². The van der Waals surface area contributed by atoms with E-state index in [4.69, 9.17) is 11.6 Å². The van der Waals surface area contributed by atoms with E-state index in [1.54, 1.807) is 0 Å². The summed E-state index contributed by atoms with van der Waals surface area (Å²) in [6, 6.07) is 6.58. The lowest BCUT2D eigenvalue weighted by Gasteiger charge is -2.31. The molecule has 0 amide bonds. The standard InChI is InChI=1S/C13H16ClNO/c14-12-2-1-3-13(11(12)8-16)15-7-9-4-5-10(15)6-9/h1-3,9-10,16H,4-8H2. The smallest absolute Gasteiger partial charge is 0.0716 e.